The van der Waals surface area contributed by atoms with E-state index >= 15 is 0 Å². The van der Waals surface area contributed by atoms with Crippen molar-refractivity contribution in [3.05, 3.63) is 76.6 Å². The number of rotatable bonds is 4. The van der Waals surface area contributed by atoms with E-state index in [9.17, 15) is 4.79 Å². The number of nitrogens with one attached hydrogen (secondary N) is 1. The molecule has 0 unspecified atom stereocenters. The summed E-state index contributed by atoms with van der Waals surface area (Å²) in [4.78, 5) is 17.9. The lowest BCUT2D eigenvalue weighted by Crippen LogP contribution is -2.10. The summed E-state index contributed by atoms with van der Waals surface area (Å²) >= 11 is 0. The minimum absolute atomic E-state index is 0.104. The first kappa shape index (κ1) is 13.9. The summed E-state index contributed by atoms with van der Waals surface area (Å²) in [5.74, 6) is 0.859. The van der Waals surface area contributed by atoms with Crippen LogP contribution in [0.5, 0.6) is 5.75 Å². The third kappa shape index (κ3) is 3.32. The molecule has 0 amide bonds. The predicted molar refractivity (Wildman–Crippen MR) is 85.5 cm³/mol. The van der Waals surface area contributed by atoms with E-state index in [1.807, 2.05) is 54.6 Å². The van der Waals surface area contributed by atoms with Crippen molar-refractivity contribution in [3.63, 3.8) is 0 Å². The Balaban J connectivity index is 1.74. The molecule has 3 aromatic rings. The van der Waals surface area contributed by atoms with E-state index in [1.165, 1.54) is 6.07 Å². The third-order valence-corrected chi connectivity index (χ3v) is 3.16. The minimum atomic E-state index is -0.271. The number of hydrogen-bond acceptors (Lipinski definition) is 4. The minimum Gasteiger partial charge on any atom is -0.489 e. The summed E-state index contributed by atoms with van der Waals surface area (Å²) in [6.07, 6.45) is 0. The fourth-order valence-corrected chi connectivity index (χ4v) is 2.09. The van der Waals surface area contributed by atoms with Crippen molar-refractivity contribution in [2.45, 2.75) is 6.61 Å². The number of nitrogens with zero attached hydrogens (tertiary/aromatic N) is 1. The van der Waals surface area contributed by atoms with Gasteiger partial charge in [0.1, 0.15) is 12.4 Å². The average molecular weight is 293 g/mol. The molecule has 3 N–H and O–H groups in total. The number of H-pyrrole nitrogens is 1. The molecule has 0 atom stereocenters. The number of ether oxygens (including phenoxy) is 1. The molecule has 3 rings (SSSR count). The quantitative estimate of drug-likeness (QED) is 0.774. The van der Waals surface area contributed by atoms with Crippen LogP contribution in [0.4, 0.5) is 5.95 Å². The van der Waals surface area contributed by atoms with Gasteiger partial charge in [0.05, 0.1) is 5.69 Å². The highest BCUT2D eigenvalue weighted by molar-refractivity contribution is 5.60. The fraction of sp³-hybridized carbons (Fsp3) is 0.0588. The fourth-order valence-electron chi connectivity index (χ4n) is 2.09. The number of benzene rings is 2. The summed E-state index contributed by atoms with van der Waals surface area (Å²) in [5, 5.41) is 0. The Morgan fingerprint density at radius 3 is 2.45 bits per heavy atom. The molecule has 0 bridgehead atoms. The molecule has 110 valence electrons. The Bertz CT molecular complexity index is 811. The van der Waals surface area contributed by atoms with Crippen LogP contribution >= 0.6 is 0 Å². The van der Waals surface area contributed by atoms with E-state index < -0.39 is 0 Å². The molecule has 0 fully saturated rings. The Labute approximate surface area is 127 Å². The molecule has 0 aliphatic rings. The summed E-state index contributed by atoms with van der Waals surface area (Å²) < 4.78 is 5.72. The summed E-state index contributed by atoms with van der Waals surface area (Å²) in [7, 11) is 0. The lowest BCUT2D eigenvalue weighted by atomic mass is 10.1. The SMILES string of the molecule is Nc1nc(-c2ccc(OCc3ccccc3)cc2)cc(=O)[nH]1. The summed E-state index contributed by atoms with van der Waals surface area (Å²) in [6, 6.07) is 18.7. The van der Waals surface area contributed by atoms with Crippen molar-refractivity contribution in [2.24, 2.45) is 0 Å². The van der Waals surface area contributed by atoms with Gasteiger partial charge >= 0.3 is 0 Å². The van der Waals surface area contributed by atoms with Gasteiger partial charge in [0.15, 0.2) is 0 Å². The van der Waals surface area contributed by atoms with Gasteiger partial charge in [-0.2, -0.15) is 0 Å². The lowest BCUT2D eigenvalue weighted by Gasteiger charge is -2.07. The van der Waals surface area contributed by atoms with Crippen LogP contribution in [0.15, 0.2) is 65.5 Å². The second kappa shape index (κ2) is 6.13. The van der Waals surface area contributed by atoms with Crippen molar-refractivity contribution in [1.82, 2.24) is 9.97 Å². The van der Waals surface area contributed by atoms with E-state index in [2.05, 4.69) is 9.97 Å². The number of aromatic amines is 1. The monoisotopic (exact) mass is 293 g/mol. The van der Waals surface area contributed by atoms with Gasteiger partial charge in [-0.1, -0.05) is 30.3 Å². The molecule has 0 saturated carbocycles. The zero-order chi connectivity index (χ0) is 15.4. The van der Waals surface area contributed by atoms with Gasteiger partial charge in [0, 0.05) is 11.6 Å². The molecular formula is C17H15N3O2. The highest BCUT2D eigenvalue weighted by Crippen LogP contribution is 2.20. The van der Waals surface area contributed by atoms with Crippen molar-refractivity contribution in [1.29, 1.82) is 0 Å². The van der Waals surface area contributed by atoms with Crippen LogP contribution in [0.1, 0.15) is 5.56 Å². The van der Waals surface area contributed by atoms with Gasteiger partial charge in [-0.25, -0.2) is 4.98 Å². The Kier molecular flexibility index (Phi) is 3.87. The smallest absolute Gasteiger partial charge is 0.252 e. The molecular weight excluding hydrogens is 278 g/mol. The van der Waals surface area contributed by atoms with Crippen LogP contribution in [0, 0.1) is 0 Å². The topological polar surface area (TPSA) is 81.0 Å². The third-order valence-electron chi connectivity index (χ3n) is 3.16. The van der Waals surface area contributed by atoms with Crippen molar-refractivity contribution in [3.8, 4) is 17.0 Å². The van der Waals surface area contributed by atoms with E-state index in [0.717, 1.165) is 16.9 Å². The molecule has 5 heteroatoms. The first-order valence-corrected chi connectivity index (χ1v) is 6.85. The highest BCUT2D eigenvalue weighted by atomic mass is 16.5. The first-order valence-electron chi connectivity index (χ1n) is 6.85. The molecule has 0 spiro atoms. The zero-order valence-corrected chi connectivity index (χ0v) is 11.8. The Morgan fingerprint density at radius 1 is 1.05 bits per heavy atom. The van der Waals surface area contributed by atoms with Gasteiger partial charge in [-0.3, -0.25) is 9.78 Å². The van der Waals surface area contributed by atoms with Crippen molar-refractivity contribution < 1.29 is 4.74 Å². The molecule has 0 aliphatic heterocycles. The second-order valence-corrected chi connectivity index (χ2v) is 4.81. The predicted octanol–water partition coefficient (Wildman–Crippen LogP) is 2.60. The van der Waals surface area contributed by atoms with Crippen LogP contribution in [0.3, 0.4) is 0 Å². The number of aromatic nitrogens is 2. The Morgan fingerprint density at radius 2 is 1.77 bits per heavy atom. The standard InChI is InChI=1S/C17H15N3O2/c18-17-19-15(10-16(21)20-17)13-6-8-14(9-7-13)22-11-12-4-2-1-3-5-12/h1-10H,11H2,(H3,18,19,20,21). The molecule has 22 heavy (non-hydrogen) atoms. The number of nitrogen functional groups attached to an aromatic ring is 1. The number of hydrogen-bond donors (Lipinski definition) is 2. The van der Waals surface area contributed by atoms with Gasteiger partial charge in [0.25, 0.3) is 5.56 Å². The average Bonchev–Trinajstić information content (AvgIpc) is 2.53. The van der Waals surface area contributed by atoms with E-state index in [1.54, 1.807) is 0 Å². The maximum atomic E-state index is 11.4. The van der Waals surface area contributed by atoms with Gasteiger partial charge in [0.2, 0.25) is 5.95 Å². The molecule has 0 radical (unpaired) electrons. The second-order valence-electron chi connectivity index (χ2n) is 4.81. The molecule has 5 nitrogen and oxygen atoms in total. The molecule has 1 heterocycles. The zero-order valence-electron chi connectivity index (χ0n) is 11.8. The van der Waals surface area contributed by atoms with Gasteiger partial charge < -0.3 is 10.5 Å². The summed E-state index contributed by atoms with van der Waals surface area (Å²) in [5.41, 5.74) is 7.73. The molecule has 1 aromatic heterocycles. The highest BCUT2D eigenvalue weighted by Gasteiger charge is 2.03. The maximum Gasteiger partial charge on any atom is 0.252 e. The Hall–Kier alpha value is -3.08. The van der Waals surface area contributed by atoms with E-state index in [0.29, 0.717) is 12.3 Å². The van der Waals surface area contributed by atoms with Crippen LogP contribution < -0.4 is 16.0 Å². The van der Waals surface area contributed by atoms with Gasteiger partial charge in [-0.15, -0.1) is 0 Å². The first-order chi connectivity index (χ1) is 10.7. The molecule has 2 aromatic carbocycles. The van der Waals surface area contributed by atoms with Gasteiger partial charge in [-0.05, 0) is 29.8 Å². The largest absolute Gasteiger partial charge is 0.489 e. The van der Waals surface area contributed by atoms with E-state index in [4.69, 9.17) is 10.5 Å². The van der Waals surface area contributed by atoms with Crippen molar-refractivity contribution >= 4 is 5.95 Å². The lowest BCUT2D eigenvalue weighted by molar-refractivity contribution is 0.306. The molecule has 0 saturated heterocycles. The van der Waals surface area contributed by atoms with Crippen LogP contribution in [0.2, 0.25) is 0 Å². The summed E-state index contributed by atoms with van der Waals surface area (Å²) in [6.45, 7) is 0.510. The maximum absolute atomic E-state index is 11.4. The van der Waals surface area contributed by atoms with Crippen molar-refractivity contribution in [2.75, 3.05) is 5.73 Å². The molecule has 0 aliphatic carbocycles. The van der Waals surface area contributed by atoms with Crippen LogP contribution in [-0.4, -0.2) is 9.97 Å². The normalized spacial score (nSPS) is 10.4. The number of nitrogens with two attached hydrogens (primary N) is 1. The van der Waals surface area contributed by atoms with Crippen LogP contribution in [0.25, 0.3) is 11.3 Å². The van der Waals surface area contributed by atoms with E-state index in [-0.39, 0.29) is 11.5 Å². The number of anilines is 1. The van der Waals surface area contributed by atoms with Crippen LogP contribution in [-0.2, 0) is 6.61 Å².